The Labute approximate surface area is 64.9 Å². The molecule has 11 heavy (non-hydrogen) atoms. The van der Waals surface area contributed by atoms with Crippen LogP contribution in [0.25, 0.3) is 0 Å². The van der Waals surface area contributed by atoms with Crippen LogP contribution in [-0.4, -0.2) is 18.0 Å². The van der Waals surface area contributed by atoms with Gasteiger partial charge in [0.25, 0.3) is 0 Å². The highest BCUT2D eigenvalue weighted by atomic mass is 19.2. The van der Waals surface area contributed by atoms with Gasteiger partial charge in [-0.1, -0.05) is 0 Å². The van der Waals surface area contributed by atoms with E-state index in [0.717, 1.165) is 0 Å². The summed E-state index contributed by atoms with van der Waals surface area (Å²) in [6.07, 6.45) is -0.534. The average Bonchev–Trinajstić information content (AvgIpc) is 1.81. The lowest BCUT2D eigenvalue weighted by atomic mass is 10.0. The topological polar surface area (TPSA) is 38.3 Å². The van der Waals surface area contributed by atoms with Gasteiger partial charge in [-0.25, -0.2) is 4.39 Å². The van der Waals surface area contributed by atoms with Crippen LogP contribution in [0.4, 0.5) is 4.39 Å². The van der Waals surface area contributed by atoms with Crippen molar-refractivity contribution in [1.29, 1.82) is 0 Å². The predicted octanol–water partition coefficient (Wildman–Crippen LogP) is 0.801. The van der Waals surface area contributed by atoms with Gasteiger partial charge in [0, 0.05) is 0 Å². The second-order valence-electron chi connectivity index (χ2n) is 2.98. The van der Waals surface area contributed by atoms with Crippen LogP contribution in [0.2, 0.25) is 0 Å². The molecule has 0 spiro atoms. The summed E-state index contributed by atoms with van der Waals surface area (Å²) in [5, 5.41) is 2.48. The van der Waals surface area contributed by atoms with Gasteiger partial charge >= 0.3 is 0 Å². The number of rotatable bonds is 0. The average molecular weight is 161 g/mol. The molecule has 4 heteroatoms. The van der Waals surface area contributed by atoms with Gasteiger partial charge in [-0.2, -0.15) is 0 Å². The smallest absolute Gasteiger partial charge is 0.230 e. The van der Waals surface area contributed by atoms with Crippen molar-refractivity contribution in [2.45, 2.75) is 32.9 Å². The molecule has 0 bridgehead atoms. The largest absolute Gasteiger partial charge is 0.330 e. The molecule has 3 unspecified atom stereocenters. The van der Waals surface area contributed by atoms with Crippen molar-refractivity contribution < 1.29 is 13.9 Å². The first-order valence-corrected chi connectivity index (χ1v) is 3.60. The standard InChI is InChI=1S/C7H12FNO2/c1-4-6(10)9-5(2)11-7(4,3)8/h4-5H,1-3H3,(H,9,10). The second kappa shape index (κ2) is 2.44. The fourth-order valence-corrected chi connectivity index (χ4v) is 1.04. The van der Waals surface area contributed by atoms with Crippen LogP contribution < -0.4 is 5.32 Å². The number of ether oxygens (including phenoxy) is 1. The molecule has 1 N–H and O–H groups in total. The SMILES string of the molecule is CC1NC(=O)C(C)C(C)(F)O1. The zero-order valence-corrected chi connectivity index (χ0v) is 6.85. The number of hydrogen-bond acceptors (Lipinski definition) is 2. The Morgan fingerprint density at radius 2 is 2.18 bits per heavy atom. The highest BCUT2D eigenvalue weighted by Crippen LogP contribution is 2.28. The number of halogens is 1. The van der Waals surface area contributed by atoms with Gasteiger partial charge in [0.15, 0.2) is 0 Å². The lowest BCUT2D eigenvalue weighted by molar-refractivity contribution is -0.221. The summed E-state index contributed by atoms with van der Waals surface area (Å²) in [6, 6.07) is 0. The maximum Gasteiger partial charge on any atom is 0.230 e. The van der Waals surface area contributed by atoms with Crippen molar-refractivity contribution in [3.05, 3.63) is 0 Å². The van der Waals surface area contributed by atoms with E-state index >= 15 is 0 Å². The number of nitrogens with one attached hydrogen (secondary N) is 1. The van der Waals surface area contributed by atoms with E-state index in [1.165, 1.54) is 13.8 Å². The van der Waals surface area contributed by atoms with Crippen molar-refractivity contribution >= 4 is 5.91 Å². The number of carbonyl (C=O) groups is 1. The summed E-state index contributed by atoms with van der Waals surface area (Å²) in [6.45, 7) is 4.37. The third-order valence-electron chi connectivity index (χ3n) is 1.92. The van der Waals surface area contributed by atoms with Crippen molar-refractivity contribution in [3.63, 3.8) is 0 Å². The number of alkyl halides is 1. The van der Waals surface area contributed by atoms with Crippen molar-refractivity contribution in [1.82, 2.24) is 5.32 Å². The van der Waals surface area contributed by atoms with E-state index in [1.54, 1.807) is 6.92 Å². The van der Waals surface area contributed by atoms with Gasteiger partial charge in [-0.3, -0.25) is 4.79 Å². The molecule has 0 aromatic rings. The van der Waals surface area contributed by atoms with Crippen LogP contribution in [0.5, 0.6) is 0 Å². The van der Waals surface area contributed by atoms with Gasteiger partial charge in [0.05, 0.1) is 5.92 Å². The minimum absolute atomic E-state index is 0.297. The first-order valence-electron chi connectivity index (χ1n) is 3.60. The van der Waals surface area contributed by atoms with Crippen LogP contribution in [0.1, 0.15) is 20.8 Å². The molecular weight excluding hydrogens is 149 g/mol. The Kier molecular flexibility index (Phi) is 1.88. The molecule has 1 aliphatic heterocycles. The first kappa shape index (κ1) is 8.46. The van der Waals surface area contributed by atoms with Gasteiger partial charge in [0.1, 0.15) is 6.23 Å². The molecule has 3 nitrogen and oxygen atoms in total. The lowest BCUT2D eigenvalue weighted by Gasteiger charge is -2.35. The summed E-state index contributed by atoms with van der Waals surface area (Å²) >= 11 is 0. The maximum absolute atomic E-state index is 13.3. The molecule has 0 aliphatic carbocycles. The highest BCUT2D eigenvalue weighted by molar-refractivity contribution is 5.80. The summed E-state index contributed by atoms with van der Waals surface area (Å²) in [7, 11) is 0. The molecule has 1 fully saturated rings. The van der Waals surface area contributed by atoms with Gasteiger partial charge < -0.3 is 10.1 Å². The normalized spacial score (nSPS) is 45.3. The van der Waals surface area contributed by atoms with E-state index < -0.39 is 18.0 Å². The fraction of sp³-hybridized carbons (Fsp3) is 0.857. The molecule has 1 aliphatic rings. The van der Waals surface area contributed by atoms with E-state index in [4.69, 9.17) is 4.74 Å². The Bertz CT molecular complexity index is 181. The predicted molar refractivity (Wildman–Crippen MR) is 37.4 cm³/mol. The molecular formula is C7H12FNO2. The molecule has 64 valence electrons. The zero-order valence-electron chi connectivity index (χ0n) is 6.85. The molecule has 0 radical (unpaired) electrons. The van der Waals surface area contributed by atoms with Crippen molar-refractivity contribution in [3.8, 4) is 0 Å². The van der Waals surface area contributed by atoms with E-state index in [9.17, 15) is 9.18 Å². The summed E-state index contributed by atoms with van der Waals surface area (Å²) in [4.78, 5) is 11.0. The Morgan fingerprint density at radius 1 is 1.64 bits per heavy atom. The van der Waals surface area contributed by atoms with E-state index in [-0.39, 0.29) is 5.91 Å². The lowest BCUT2D eigenvalue weighted by Crippen LogP contribution is -2.54. The summed E-state index contributed by atoms with van der Waals surface area (Å²) in [5.74, 6) is -2.87. The zero-order chi connectivity index (χ0) is 8.65. The fourth-order valence-electron chi connectivity index (χ4n) is 1.04. The molecule has 1 amide bonds. The molecule has 1 rings (SSSR count). The Balaban J connectivity index is 2.75. The summed E-state index contributed by atoms with van der Waals surface area (Å²) in [5.41, 5.74) is 0. The third-order valence-corrected chi connectivity index (χ3v) is 1.92. The van der Waals surface area contributed by atoms with E-state index in [2.05, 4.69) is 5.32 Å². The molecule has 1 heterocycles. The van der Waals surface area contributed by atoms with Gasteiger partial charge in [0.2, 0.25) is 11.8 Å². The Hall–Kier alpha value is -0.640. The van der Waals surface area contributed by atoms with Crippen molar-refractivity contribution in [2.24, 2.45) is 5.92 Å². The maximum atomic E-state index is 13.3. The number of hydrogen-bond donors (Lipinski definition) is 1. The van der Waals surface area contributed by atoms with E-state index in [0.29, 0.717) is 0 Å². The Morgan fingerprint density at radius 3 is 2.64 bits per heavy atom. The number of carbonyl (C=O) groups excluding carboxylic acids is 1. The minimum Gasteiger partial charge on any atom is -0.330 e. The van der Waals surface area contributed by atoms with Crippen LogP contribution in [0.3, 0.4) is 0 Å². The van der Waals surface area contributed by atoms with Gasteiger partial charge in [-0.05, 0) is 20.8 Å². The quantitative estimate of drug-likeness (QED) is 0.570. The van der Waals surface area contributed by atoms with Gasteiger partial charge in [-0.15, -0.1) is 0 Å². The molecule has 0 aromatic heterocycles. The van der Waals surface area contributed by atoms with Crippen LogP contribution >= 0.6 is 0 Å². The van der Waals surface area contributed by atoms with Crippen LogP contribution in [0, 0.1) is 5.92 Å². The van der Waals surface area contributed by atoms with E-state index in [1.807, 2.05) is 0 Å². The molecule has 3 atom stereocenters. The summed E-state index contributed by atoms with van der Waals surface area (Å²) < 4.78 is 18.1. The molecule has 1 saturated heterocycles. The first-order chi connectivity index (χ1) is 4.93. The third kappa shape index (κ3) is 1.50. The van der Waals surface area contributed by atoms with Crippen LogP contribution in [0.15, 0.2) is 0 Å². The van der Waals surface area contributed by atoms with Crippen molar-refractivity contribution in [2.75, 3.05) is 0 Å². The molecule has 0 saturated carbocycles. The highest BCUT2D eigenvalue weighted by Gasteiger charge is 2.42. The minimum atomic E-state index is -1.83. The molecule has 0 aromatic carbocycles. The monoisotopic (exact) mass is 161 g/mol. The second-order valence-corrected chi connectivity index (χ2v) is 2.98. The number of amides is 1. The van der Waals surface area contributed by atoms with Crippen LogP contribution in [-0.2, 0) is 9.53 Å².